The van der Waals surface area contributed by atoms with E-state index in [1.165, 1.54) is 10.7 Å². The summed E-state index contributed by atoms with van der Waals surface area (Å²) in [6, 6.07) is 23.8. The fourth-order valence-electron chi connectivity index (χ4n) is 5.76. The lowest BCUT2D eigenvalue weighted by atomic mass is 9.94. The topological polar surface area (TPSA) is 96.0 Å². The van der Waals surface area contributed by atoms with Gasteiger partial charge in [-0.2, -0.15) is 0 Å². The molecule has 1 N–H and O–H groups in total. The lowest BCUT2D eigenvalue weighted by Crippen LogP contribution is -2.52. The number of halogens is 1. The number of rotatable bonds is 15. The van der Waals surface area contributed by atoms with Crippen LogP contribution in [-0.4, -0.2) is 56.6 Å². The van der Waals surface area contributed by atoms with E-state index in [0.29, 0.717) is 24.5 Å². The molecule has 1 aliphatic rings. The van der Waals surface area contributed by atoms with Crippen LogP contribution in [0.1, 0.15) is 63.0 Å². The first-order valence-corrected chi connectivity index (χ1v) is 18.4. The number of anilines is 1. The molecule has 8 nitrogen and oxygen atoms in total. The van der Waals surface area contributed by atoms with Crippen molar-refractivity contribution in [3.05, 3.63) is 94.5 Å². The Balaban J connectivity index is 1.56. The molecule has 1 unspecified atom stereocenters. The van der Waals surface area contributed by atoms with E-state index in [1.807, 2.05) is 61.5 Å². The largest absolute Gasteiger partial charge is 0.494 e. The first kappa shape index (κ1) is 34.5. The smallest absolute Gasteiger partial charge is 0.243 e. The van der Waals surface area contributed by atoms with Crippen molar-refractivity contribution in [3.8, 4) is 5.75 Å². The van der Waals surface area contributed by atoms with Gasteiger partial charge in [-0.3, -0.25) is 13.9 Å². The summed E-state index contributed by atoms with van der Waals surface area (Å²) in [5.74, 6) is 0.311. The summed E-state index contributed by atoms with van der Waals surface area (Å²) in [4.78, 5) is 29.7. The third kappa shape index (κ3) is 10.6. The van der Waals surface area contributed by atoms with E-state index >= 15 is 0 Å². The normalized spacial score (nSPS) is 14.4. The molecule has 0 aromatic heterocycles. The van der Waals surface area contributed by atoms with Crippen LogP contribution in [0.4, 0.5) is 5.69 Å². The lowest BCUT2D eigenvalue weighted by Gasteiger charge is -2.34. The standard InChI is InChI=1S/C35H44BrN3O5S/c1-3-44-32-22-20-31(21-23-32)39(45(2,42)43)24-10-15-34(40)38(26-28-16-18-29(36)19-17-28)33(25-27-11-6-4-7-12-27)35(41)37-30-13-8-5-9-14-30/h4,6-7,11-12,16-23,30,33H,3,5,8-10,13-15,24-26H2,1-2H3,(H,37,41). The summed E-state index contributed by atoms with van der Waals surface area (Å²) in [7, 11) is -3.60. The number of carbonyl (C=O) groups excluding carboxylic acids is 2. The summed E-state index contributed by atoms with van der Waals surface area (Å²) in [6.45, 7) is 2.79. The van der Waals surface area contributed by atoms with Crippen LogP contribution in [0.2, 0.25) is 0 Å². The zero-order chi connectivity index (χ0) is 32.2. The number of hydrogen-bond donors (Lipinski definition) is 1. The van der Waals surface area contributed by atoms with Gasteiger partial charge in [0.25, 0.3) is 0 Å². The van der Waals surface area contributed by atoms with E-state index in [4.69, 9.17) is 4.74 Å². The molecule has 1 saturated carbocycles. The van der Waals surface area contributed by atoms with Gasteiger partial charge >= 0.3 is 0 Å². The molecular formula is C35H44BrN3O5S. The Morgan fingerprint density at radius 3 is 2.22 bits per heavy atom. The van der Waals surface area contributed by atoms with Crippen LogP contribution in [-0.2, 0) is 32.6 Å². The predicted molar refractivity (Wildman–Crippen MR) is 183 cm³/mol. The quantitative estimate of drug-likeness (QED) is 0.196. The van der Waals surface area contributed by atoms with E-state index in [2.05, 4.69) is 21.2 Å². The molecule has 0 radical (unpaired) electrons. The molecule has 242 valence electrons. The molecule has 10 heteroatoms. The summed E-state index contributed by atoms with van der Waals surface area (Å²) >= 11 is 3.48. The Kier molecular flexibility index (Phi) is 12.9. The van der Waals surface area contributed by atoms with Gasteiger partial charge in [0, 0.05) is 36.4 Å². The Labute approximate surface area is 276 Å². The van der Waals surface area contributed by atoms with Gasteiger partial charge in [-0.05, 0) is 73.7 Å². The highest BCUT2D eigenvalue weighted by atomic mass is 79.9. The highest BCUT2D eigenvalue weighted by molar-refractivity contribution is 9.10. The van der Waals surface area contributed by atoms with Crippen LogP contribution in [0, 0.1) is 0 Å². The fourth-order valence-corrected chi connectivity index (χ4v) is 6.99. The average Bonchev–Trinajstić information content (AvgIpc) is 3.03. The number of sulfonamides is 1. The lowest BCUT2D eigenvalue weighted by molar-refractivity contribution is -0.141. The van der Waals surface area contributed by atoms with Crippen LogP contribution in [0.3, 0.4) is 0 Å². The van der Waals surface area contributed by atoms with Gasteiger partial charge in [0.05, 0.1) is 18.6 Å². The average molecular weight is 699 g/mol. The van der Waals surface area contributed by atoms with Crippen LogP contribution in [0.25, 0.3) is 0 Å². The number of benzene rings is 3. The summed E-state index contributed by atoms with van der Waals surface area (Å²) in [5, 5.41) is 3.26. The van der Waals surface area contributed by atoms with E-state index in [9.17, 15) is 18.0 Å². The third-order valence-corrected chi connectivity index (χ3v) is 9.80. The van der Waals surface area contributed by atoms with E-state index in [1.54, 1.807) is 29.2 Å². The van der Waals surface area contributed by atoms with Gasteiger partial charge in [0.2, 0.25) is 21.8 Å². The molecule has 1 atom stereocenters. The van der Waals surface area contributed by atoms with Gasteiger partial charge in [0.15, 0.2) is 0 Å². The Morgan fingerprint density at radius 2 is 1.60 bits per heavy atom. The van der Waals surface area contributed by atoms with Gasteiger partial charge in [-0.15, -0.1) is 0 Å². The molecule has 45 heavy (non-hydrogen) atoms. The first-order chi connectivity index (χ1) is 21.6. The summed E-state index contributed by atoms with van der Waals surface area (Å²) in [5.41, 5.74) is 2.38. The van der Waals surface area contributed by atoms with Crippen LogP contribution >= 0.6 is 15.9 Å². The van der Waals surface area contributed by atoms with Gasteiger partial charge in [-0.1, -0.05) is 77.7 Å². The van der Waals surface area contributed by atoms with Crippen molar-refractivity contribution < 1.29 is 22.7 Å². The van der Waals surface area contributed by atoms with Crippen molar-refractivity contribution >= 4 is 43.5 Å². The van der Waals surface area contributed by atoms with Crippen molar-refractivity contribution in [2.45, 2.75) is 76.9 Å². The SMILES string of the molecule is CCOc1ccc(N(CCCC(=O)N(Cc2ccc(Br)cc2)C(Cc2ccccc2)C(=O)NC2CCCCC2)S(C)(=O)=O)cc1. The van der Waals surface area contributed by atoms with Gasteiger partial charge in [-0.25, -0.2) is 8.42 Å². The molecule has 3 aromatic rings. The van der Waals surface area contributed by atoms with Gasteiger partial charge < -0.3 is 15.0 Å². The molecule has 1 aliphatic carbocycles. The molecule has 0 spiro atoms. The monoisotopic (exact) mass is 697 g/mol. The Bertz CT molecular complexity index is 1480. The van der Waals surface area contributed by atoms with Crippen molar-refractivity contribution in [3.63, 3.8) is 0 Å². The van der Waals surface area contributed by atoms with Crippen molar-refractivity contribution in [2.24, 2.45) is 0 Å². The zero-order valence-electron chi connectivity index (χ0n) is 26.2. The van der Waals surface area contributed by atoms with Crippen LogP contribution < -0.4 is 14.4 Å². The number of ether oxygens (including phenoxy) is 1. The predicted octanol–water partition coefficient (Wildman–Crippen LogP) is 6.48. The number of carbonyl (C=O) groups is 2. The van der Waals surface area contributed by atoms with E-state index in [0.717, 1.165) is 47.5 Å². The number of hydrogen-bond acceptors (Lipinski definition) is 5. The second kappa shape index (κ2) is 16.8. The fraction of sp³-hybridized carbons (Fsp3) is 0.429. The number of amides is 2. The molecule has 4 rings (SSSR count). The highest BCUT2D eigenvalue weighted by Gasteiger charge is 2.32. The Hall–Kier alpha value is -3.37. The van der Waals surface area contributed by atoms with Crippen molar-refractivity contribution in [1.29, 1.82) is 0 Å². The van der Waals surface area contributed by atoms with Crippen molar-refractivity contribution in [1.82, 2.24) is 10.2 Å². The molecule has 0 saturated heterocycles. The second-order valence-electron chi connectivity index (χ2n) is 11.6. The van der Waals surface area contributed by atoms with Crippen molar-refractivity contribution in [2.75, 3.05) is 23.7 Å². The minimum absolute atomic E-state index is 0.0849. The third-order valence-electron chi connectivity index (χ3n) is 8.08. The summed E-state index contributed by atoms with van der Waals surface area (Å²) < 4.78 is 33.2. The van der Waals surface area contributed by atoms with E-state index in [-0.39, 0.29) is 43.8 Å². The second-order valence-corrected chi connectivity index (χ2v) is 14.4. The van der Waals surface area contributed by atoms with Gasteiger partial charge in [0.1, 0.15) is 11.8 Å². The molecule has 0 bridgehead atoms. The number of nitrogens with zero attached hydrogens (tertiary/aromatic N) is 2. The molecule has 0 aliphatic heterocycles. The molecular weight excluding hydrogens is 654 g/mol. The maximum absolute atomic E-state index is 14.1. The Morgan fingerprint density at radius 1 is 0.933 bits per heavy atom. The number of nitrogens with one attached hydrogen (secondary N) is 1. The molecule has 2 amide bonds. The maximum atomic E-state index is 14.1. The van der Waals surface area contributed by atoms with Crippen LogP contribution in [0.5, 0.6) is 5.75 Å². The van der Waals surface area contributed by atoms with Crippen LogP contribution in [0.15, 0.2) is 83.3 Å². The minimum Gasteiger partial charge on any atom is -0.494 e. The molecule has 0 heterocycles. The van der Waals surface area contributed by atoms with E-state index < -0.39 is 16.1 Å². The molecule has 1 fully saturated rings. The molecule has 3 aromatic carbocycles. The highest BCUT2D eigenvalue weighted by Crippen LogP contribution is 2.24. The summed E-state index contributed by atoms with van der Waals surface area (Å²) in [6.07, 6.45) is 7.14. The first-order valence-electron chi connectivity index (χ1n) is 15.7. The maximum Gasteiger partial charge on any atom is 0.243 e. The zero-order valence-corrected chi connectivity index (χ0v) is 28.6. The minimum atomic E-state index is -3.60.